The first-order valence-corrected chi connectivity index (χ1v) is 6.91. The van der Waals surface area contributed by atoms with Crippen LogP contribution in [0.1, 0.15) is 10.4 Å². The molecule has 0 atom stereocenters. The number of nitrogens with one attached hydrogen (secondary N) is 1. The molecule has 6 heteroatoms. The molecule has 0 unspecified atom stereocenters. The lowest BCUT2D eigenvalue weighted by atomic mass is 10.1. The zero-order chi connectivity index (χ0) is 14.0. The lowest BCUT2D eigenvalue weighted by molar-refractivity contribution is 0.0698. The number of carboxylic acid groups (broad SMARTS) is 1. The van der Waals surface area contributed by atoms with Crippen molar-refractivity contribution in [2.45, 2.75) is 0 Å². The van der Waals surface area contributed by atoms with Gasteiger partial charge in [-0.2, -0.15) is 0 Å². The van der Waals surface area contributed by atoms with Crippen molar-refractivity contribution < 1.29 is 9.90 Å². The van der Waals surface area contributed by atoms with Gasteiger partial charge in [-0.15, -0.1) is 0 Å². The number of carbonyl (C=O) groups is 1. The Morgan fingerprint density at radius 2 is 1.89 bits per heavy atom. The van der Waals surface area contributed by atoms with Crippen molar-refractivity contribution in [3.05, 3.63) is 50.9 Å². The van der Waals surface area contributed by atoms with E-state index in [2.05, 4.69) is 37.2 Å². The van der Waals surface area contributed by atoms with Crippen LogP contribution in [0.3, 0.4) is 0 Å². The van der Waals surface area contributed by atoms with E-state index in [-0.39, 0.29) is 11.3 Å². The van der Waals surface area contributed by atoms with Gasteiger partial charge in [-0.3, -0.25) is 0 Å². The number of rotatable bonds is 3. The zero-order valence-electron chi connectivity index (χ0n) is 9.65. The molecule has 98 valence electrons. The van der Waals surface area contributed by atoms with E-state index >= 15 is 0 Å². The van der Waals surface area contributed by atoms with E-state index in [9.17, 15) is 4.79 Å². The second kappa shape index (κ2) is 5.63. The SMILES string of the molecule is Nc1ccc(Nc2ccc(Br)cc2Br)cc1C(=O)O. The maximum absolute atomic E-state index is 11.0. The normalized spacial score (nSPS) is 10.2. The average molecular weight is 386 g/mol. The van der Waals surface area contributed by atoms with Gasteiger partial charge in [0.25, 0.3) is 0 Å². The van der Waals surface area contributed by atoms with Crippen LogP contribution in [0.15, 0.2) is 45.3 Å². The van der Waals surface area contributed by atoms with E-state index in [0.717, 1.165) is 14.6 Å². The molecular formula is C13H10Br2N2O2. The van der Waals surface area contributed by atoms with Gasteiger partial charge in [-0.1, -0.05) is 15.9 Å². The van der Waals surface area contributed by atoms with Crippen LogP contribution in [0.5, 0.6) is 0 Å². The van der Waals surface area contributed by atoms with Gasteiger partial charge in [0.05, 0.1) is 11.3 Å². The van der Waals surface area contributed by atoms with Gasteiger partial charge in [-0.05, 0) is 52.3 Å². The fraction of sp³-hybridized carbons (Fsp3) is 0. The average Bonchev–Trinajstić information content (AvgIpc) is 2.34. The van der Waals surface area contributed by atoms with E-state index in [1.807, 2.05) is 18.2 Å². The van der Waals surface area contributed by atoms with Gasteiger partial charge in [0.2, 0.25) is 0 Å². The molecule has 0 bridgehead atoms. The quantitative estimate of drug-likeness (QED) is 0.691. The second-order valence-electron chi connectivity index (χ2n) is 3.86. The van der Waals surface area contributed by atoms with Crippen LogP contribution >= 0.6 is 31.9 Å². The summed E-state index contributed by atoms with van der Waals surface area (Å²) in [5.74, 6) is -1.05. The number of carboxylic acids is 1. The summed E-state index contributed by atoms with van der Waals surface area (Å²) in [5.41, 5.74) is 7.43. The van der Waals surface area contributed by atoms with Gasteiger partial charge in [0.1, 0.15) is 0 Å². The lowest BCUT2D eigenvalue weighted by Crippen LogP contribution is -2.03. The summed E-state index contributed by atoms with van der Waals surface area (Å²) in [5, 5.41) is 12.2. The summed E-state index contributed by atoms with van der Waals surface area (Å²) in [6, 6.07) is 10.5. The summed E-state index contributed by atoms with van der Waals surface area (Å²) in [7, 11) is 0. The van der Waals surface area contributed by atoms with Crippen LogP contribution in [-0.4, -0.2) is 11.1 Å². The number of aromatic carboxylic acids is 1. The molecule has 0 aliphatic rings. The molecule has 0 amide bonds. The van der Waals surface area contributed by atoms with Crippen molar-refractivity contribution in [2.75, 3.05) is 11.1 Å². The van der Waals surface area contributed by atoms with Crippen molar-refractivity contribution >= 4 is 54.9 Å². The molecule has 0 aromatic heterocycles. The standard InChI is InChI=1S/C13H10Br2N2O2/c14-7-1-4-12(10(15)5-7)17-8-2-3-11(16)9(6-8)13(18)19/h1-6,17H,16H2,(H,18,19). The van der Waals surface area contributed by atoms with Crippen molar-refractivity contribution in [3.63, 3.8) is 0 Å². The Bertz CT molecular complexity index is 645. The van der Waals surface area contributed by atoms with Crippen LogP contribution in [-0.2, 0) is 0 Å². The minimum atomic E-state index is -1.05. The highest BCUT2D eigenvalue weighted by Gasteiger charge is 2.09. The molecule has 2 aromatic carbocycles. The van der Waals surface area contributed by atoms with Crippen LogP contribution in [0.2, 0.25) is 0 Å². The molecule has 0 saturated heterocycles. The Morgan fingerprint density at radius 1 is 1.16 bits per heavy atom. The van der Waals surface area contributed by atoms with Crippen LogP contribution in [0.25, 0.3) is 0 Å². The summed E-state index contributed by atoms with van der Waals surface area (Å²) in [6.07, 6.45) is 0. The minimum Gasteiger partial charge on any atom is -0.478 e. The maximum Gasteiger partial charge on any atom is 0.337 e. The molecule has 19 heavy (non-hydrogen) atoms. The van der Waals surface area contributed by atoms with Crippen molar-refractivity contribution in [1.82, 2.24) is 0 Å². The highest BCUT2D eigenvalue weighted by molar-refractivity contribution is 9.11. The first kappa shape index (κ1) is 13.9. The van der Waals surface area contributed by atoms with E-state index < -0.39 is 5.97 Å². The van der Waals surface area contributed by atoms with Crippen molar-refractivity contribution in [1.29, 1.82) is 0 Å². The van der Waals surface area contributed by atoms with Gasteiger partial charge in [0.15, 0.2) is 0 Å². The zero-order valence-corrected chi connectivity index (χ0v) is 12.8. The Kier molecular flexibility index (Phi) is 4.11. The van der Waals surface area contributed by atoms with E-state index in [1.54, 1.807) is 12.1 Å². The third kappa shape index (κ3) is 3.27. The smallest absolute Gasteiger partial charge is 0.337 e. The molecule has 0 heterocycles. The van der Waals surface area contributed by atoms with Crippen LogP contribution < -0.4 is 11.1 Å². The highest BCUT2D eigenvalue weighted by atomic mass is 79.9. The van der Waals surface area contributed by atoms with Crippen molar-refractivity contribution in [3.8, 4) is 0 Å². The number of hydrogen-bond acceptors (Lipinski definition) is 3. The molecule has 0 saturated carbocycles. The monoisotopic (exact) mass is 384 g/mol. The Hall–Kier alpha value is -1.53. The molecule has 4 N–H and O–H groups in total. The van der Waals surface area contributed by atoms with Gasteiger partial charge in [0, 0.05) is 20.3 Å². The largest absolute Gasteiger partial charge is 0.478 e. The molecule has 2 rings (SSSR count). The number of hydrogen-bond donors (Lipinski definition) is 3. The Balaban J connectivity index is 2.33. The number of halogens is 2. The number of anilines is 3. The summed E-state index contributed by atoms with van der Waals surface area (Å²) < 4.78 is 1.82. The third-order valence-electron chi connectivity index (χ3n) is 2.49. The first-order chi connectivity index (χ1) is 8.97. The first-order valence-electron chi connectivity index (χ1n) is 5.32. The minimum absolute atomic E-state index is 0.0817. The molecule has 0 radical (unpaired) electrons. The topological polar surface area (TPSA) is 75.3 Å². The lowest BCUT2D eigenvalue weighted by Gasteiger charge is -2.10. The maximum atomic E-state index is 11.0. The van der Waals surface area contributed by atoms with E-state index in [4.69, 9.17) is 10.8 Å². The summed E-state index contributed by atoms with van der Waals surface area (Å²) in [4.78, 5) is 11.0. The highest BCUT2D eigenvalue weighted by Crippen LogP contribution is 2.29. The fourth-order valence-electron chi connectivity index (χ4n) is 1.57. The molecule has 2 aromatic rings. The Morgan fingerprint density at radius 3 is 2.53 bits per heavy atom. The number of benzene rings is 2. The number of nitrogens with two attached hydrogens (primary N) is 1. The molecule has 0 spiro atoms. The van der Waals surface area contributed by atoms with Crippen LogP contribution in [0.4, 0.5) is 17.1 Å². The summed E-state index contributed by atoms with van der Waals surface area (Å²) in [6.45, 7) is 0. The molecular weight excluding hydrogens is 376 g/mol. The van der Waals surface area contributed by atoms with Gasteiger partial charge < -0.3 is 16.2 Å². The molecule has 4 nitrogen and oxygen atoms in total. The number of nitrogen functional groups attached to an aromatic ring is 1. The molecule has 0 aliphatic heterocycles. The predicted octanol–water partition coefficient (Wildman–Crippen LogP) is 4.24. The summed E-state index contributed by atoms with van der Waals surface area (Å²) >= 11 is 6.80. The van der Waals surface area contributed by atoms with E-state index in [0.29, 0.717) is 5.69 Å². The Labute approximate surface area is 126 Å². The van der Waals surface area contributed by atoms with Crippen molar-refractivity contribution in [2.24, 2.45) is 0 Å². The predicted molar refractivity (Wildman–Crippen MR) is 82.9 cm³/mol. The molecule has 0 fully saturated rings. The second-order valence-corrected chi connectivity index (χ2v) is 5.63. The third-order valence-corrected chi connectivity index (χ3v) is 3.64. The van der Waals surface area contributed by atoms with E-state index in [1.165, 1.54) is 6.07 Å². The fourth-order valence-corrected chi connectivity index (χ4v) is 2.71. The van der Waals surface area contributed by atoms with Crippen LogP contribution in [0, 0.1) is 0 Å². The van der Waals surface area contributed by atoms with Gasteiger partial charge in [-0.25, -0.2) is 4.79 Å². The van der Waals surface area contributed by atoms with Gasteiger partial charge >= 0.3 is 5.97 Å². The molecule has 0 aliphatic carbocycles.